The number of carbonyl (C=O) groups excluding carboxylic acids is 1. The van der Waals surface area contributed by atoms with Gasteiger partial charge >= 0.3 is 0 Å². The Labute approximate surface area is 107 Å². The van der Waals surface area contributed by atoms with Crippen LogP contribution >= 0.6 is 0 Å². The number of primary amides is 1. The zero-order chi connectivity index (χ0) is 13.3. The van der Waals surface area contributed by atoms with Crippen LogP contribution in [0.4, 0.5) is 5.95 Å². The molecule has 0 spiro atoms. The van der Waals surface area contributed by atoms with Crippen LogP contribution in [0, 0.1) is 19.3 Å². The zero-order valence-electron chi connectivity index (χ0n) is 11.2. The second-order valence-corrected chi connectivity index (χ2v) is 5.36. The number of carbonyl (C=O) groups is 1. The average Bonchev–Trinajstić information content (AvgIpc) is 2.28. The monoisotopic (exact) mass is 248 g/mol. The normalized spacial score (nSPS) is 18.7. The minimum absolute atomic E-state index is 0.205. The number of amides is 1. The van der Waals surface area contributed by atoms with Gasteiger partial charge in [-0.1, -0.05) is 6.92 Å². The largest absolute Gasteiger partial charge is 0.369 e. The third-order valence-corrected chi connectivity index (χ3v) is 3.72. The lowest BCUT2D eigenvalue weighted by atomic mass is 9.80. The Balaban J connectivity index is 2.12. The van der Waals surface area contributed by atoms with Crippen molar-refractivity contribution in [3.8, 4) is 0 Å². The Kier molecular flexibility index (Phi) is 3.24. The molecule has 0 unspecified atom stereocenters. The first-order chi connectivity index (χ1) is 8.40. The average molecular weight is 248 g/mol. The van der Waals surface area contributed by atoms with Crippen molar-refractivity contribution in [2.24, 2.45) is 11.1 Å². The number of hydrogen-bond acceptors (Lipinski definition) is 4. The maximum Gasteiger partial charge on any atom is 0.225 e. The molecule has 5 nitrogen and oxygen atoms in total. The molecule has 0 radical (unpaired) electrons. The number of rotatable bonds is 2. The molecule has 18 heavy (non-hydrogen) atoms. The lowest BCUT2D eigenvalue weighted by molar-refractivity contribution is -0.127. The van der Waals surface area contributed by atoms with Gasteiger partial charge in [-0.15, -0.1) is 0 Å². The van der Waals surface area contributed by atoms with Gasteiger partial charge in [0.15, 0.2) is 0 Å². The number of anilines is 1. The van der Waals surface area contributed by atoms with E-state index >= 15 is 0 Å². The molecule has 2 N–H and O–H groups in total. The quantitative estimate of drug-likeness (QED) is 0.853. The first-order valence-corrected chi connectivity index (χ1v) is 6.28. The molecule has 2 heterocycles. The van der Waals surface area contributed by atoms with Gasteiger partial charge < -0.3 is 10.6 Å². The van der Waals surface area contributed by atoms with E-state index in [1.165, 1.54) is 0 Å². The summed E-state index contributed by atoms with van der Waals surface area (Å²) in [5, 5.41) is 0. The van der Waals surface area contributed by atoms with Crippen molar-refractivity contribution in [1.82, 2.24) is 9.97 Å². The van der Waals surface area contributed by atoms with Crippen LogP contribution in [0.25, 0.3) is 0 Å². The lowest BCUT2D eigenvalue weighted by Crippen LogP contribution is -2.46. The van der Waals surface area contributed by atoms with E-state index in [1.807, 2.05) is 26.8 Å². The highest BCUT2D eigenvalue weighted by molar-refractivity contribution is 5.80. The van der Waals surface area contributed by atoms with E-state index in [-0.39, 0.29) is 11.3 Å². The summed E-state index contributed by atoms with van der Waals surface area (Å²) in [5.74, 6) is 0.558. The lowest BCUT2D eigenvalue weighted by Gasteiger charge is -2.37. The summed E-state index contributed by atoms with van der Waals surface area (Å²) in [4.78, 5) is 22.4. The van der Waals surface area contributed by atoms with Gasteiger partial charge in [0.05, 0.1) is 0 Å². The Bertz CT molecular complexity index is 444. The van der Waals surface area contributed by atoms with E-state index in [1.54, 1.807) is 0 Å². The fourth-order valence-corrected chi connectivity index (χ4v) is 2.30. The highest BCUT2D eigenvalue weighted by atomic mass is 16.1. The molecule has 2 rings (SSSR count). The molecule has 1 aliphatic heterocycles. The van der Waals surface area contributed by atoms with Crippen LogP contribution in [0.3, 0.4) is 0 Å². The number of aryl methyl sites for hydroxylation is 2. The Hall–Kier alpha value is -1.65. The highest BCUT2D eigenvalue weighted by Gasteiger charge is 2.35. The summed E-state index contributed by atoms with van der Waals surface area (Å²) in [6.45, 7) is 7.44. The number of piperidine rings is 1. The molecule has 1 aromatic heterocycles. The zero-order valence-corrected chi connectivity index (χ0v) is 11.2. The first-order valence-electron chi connectivity index (χ1n) is 6.28. The standard InChI is InChI=1S/C13H20N4O/c1-9-8-10(2)16-12(15-9)17-6-4-13(3,5-7-17)11(14)18/h8H,4-7H2,1-3H3,(H2,14,18). The fraction of sp³-hybridized carbons (Fsp3) is 0.615. The number of aromatic nitrogens is 2. The Morgan fingerprint density at radius 3 is 2.22 bits per heavy atom. The predicted octanol–water partition coefficient (Wildman–Crippen LogP) is 1.19. The van der Waals surface area contributed by atoms with E-state index in [0.29, 0.717) is 0 Å². The van der Waals surface area contributed by atoms with Crippen LogP contribution in [0.5, 0.6) is 0 Å². The summed E-state index contributed by atoms with van der Waals surface area (Å²) in [6, 6.07) is 1.96. The molecule has 0 aliphatic carbocycles. The van der Waals surface area contributed by atoms with Crippen molar-refractivity contribution in [2.75, 3.05) is 18.0 Å². The summed E-state index contributed by atoms with van der Waals surface area (Å²) in [5.41, 5.74) is 7.01. The maximum atomic E-state index is 11.4. The van der Waals surface area contributed by atoms with Crippen LogP contribution in [0.2, 0.25) is 0 Å². The molecule has 5 heteroatoms. The second-order valence-electron chi connectivity index (χ2n) is 5.36. The molecule has 98 valence electrons. The molecule has 0 aromatic carbocycles. The molecule has 1 fully saturated rings. The van der Waals surface area contributed by atoms with Crippen molar-refractivity contribution in [3.63, 3.8) is 0 Å². The van der Waals surface area contributed by atoms with Crippen LogP contribution in [-0.4, -0.2) is 29.0 Å². The Morgan fingerprint density at radius 1 is 1.28 bits per heavy atom. The van der Waals surface area contributed by atoms with Gasteiger partial charge in [-0.2, -0.15) is 0 Å². The highest BCUT2D eigenvalue weighted by Crippen LogP contribution is 2.31. The third-order valence-electron chi connectivity index (χ3n) is 3.72. The van der Waals surface area contributed by atoms with Crippen molar-refractivity contribution < 1.29 is 4.79 Å². The van der Waals surface area contributed by atoms with Crippen LogP contribution in [0.15, 0.2) is 6.07 Å². The van der Waals surface area contributed by atoms with Crippen molar-refractivity contribution in [2.45, 2.75) is 33.6 Å². The minimum atomic E-state index is -0.380. The topological polar surface area (TPSA) is 72.1 Å². The van der Waals surface area contributed by atoms with E-state index in [4.69, 9.17) is 5.73 Å². The van der Waals surface area contributed by atoms with E-state index in [9.17, 15) is 4.79 Å². The van der Waals surface area contributed by atoms with Gasteiger partial charge in [-0.25, -0.2) is 9.97 Å². The number of hydrogen-bond donors (Lipinski definition) is 1. The SMILES string of the molecule is Cc1cc(C)nc(N2CCC(C)(C(N)=O)CC2)n1. The van der Waals surface area contributed by atoms with E-state index in [0.717, 1.165) is 43.3 Å². The summed E-state index contributed by atoms with van der Waals surface area (Å²) in [7, 11) is 0. The van der Waals surface area contributed by atoms with Crippen molar-refractivity contribution in [3.05, 3.63) is 17.5 Å². The second kappa shape index (κ2) is 4.55. The van der Waals surface area contributed by atoms with Gasteiger partial charge in [0.2, 0.25) is 11.9 Å². The first kappa shape index (κ1) is 12.8. The van der Waals surface area contributed by atoms with Crippen LogP contribution in [0.1, 0.15) is 31.2 Å². The molecular formula is C13H20N4O. The number of nitrogens with zero attached hydrogens (tertiary/aromatic N) is 3. The van der Waals surface area contributed by atoms with Gasteiger partial charge in [-0.05, 0) is 32.8 Å². The maximum absolute atomic E-state index is 11.4. The molecule has 0 bridgehead atoms. The molecule has 1 saturated heterocycles. The van der Waals surface area contributed by atoms with Crippen LogP contribution < -0.4 is 10.6 Å². The Morgan fingerprint density at radius 2 is 1.78 bits per heavy atom. The number of nitrogens with two attached hydrogens (primary N) is 1. The van der Waals surface area contributed by atoms with Crippen molar-refractivity contribution in [1.29, 1.82) is 0 Å². The predicted molar refractivity (Wildman–Crippen MR) is 70.3 cm³/mol. The minimum Gasteiger partial charge on any atom is -0.369 e. The van der Waals surface area contributed by atoms with Gasteiger partial charge in [-0.3, -0.25) is 4.79 Å². The molecule has 1 aromatic rings. The van der Waals surface area contributed by atoms with Crippen LogP contribution in [-0.2, 0) is 4.79 Å². The third kappa shape index (κ3) is 2.44. The summed E-state index contributed by atoms with van der Waals surface area (Å²) < 4.78 is 0. The molecule has 0 atom stereocenters. The van der Waals surface area contributed by atoms with Crippen molar-refractivity contribution >= 4 is 11.9 Å². The van der Waals surface area contributed by atoms with E-state index in [2.05, 4.69) is 14.9 Å². The molecular weight excluding hydrogens is 228 g/mol. The summed E-state index contributed by atoms with van der Waals surface area (Å²) in [6.07, 6.45) is 1.53. The molecule has 1 aliphatic rings. The fourth-order valence-electron chi connectivity index (χ4n) is 2.30. The molecule has 0 saturated carbocycles. The van der Waals surface area contributed by atoms with Gasteiger partial charge in [0.25, 0.3) is 0 Å². The van der Waals surface area contributed by atoms with Gasteiger partial charge in [0, 0.05) is 29.9 Å². The van der Waals surface area contributed by atoms with Gasteiger partial charge in [0.1, 0.15) is 0 Å². The smallest absolute Gasteiger partial charge is 0.225 e. The van der Waals surface area contributed by atoms with E-state index < -0.39 is 0 Å². The molecule has 1 amide bonds. The summed E-state index contributed by atoms with van der Waals surface area (Å²) >= 11 is 0.